The molecular formula is C35H25FN2O3. The molecule has 2 heterocycles. The molecule has 0 aliphatic carbocycles. The summed E-state index contributed by atoms with van der Waals surface area (Å²) in [6.45, 7) is 0. The molecule has 7 rings (SSSR count). The normalized spacial score (nSPS) is 11.9. The van der Waals surface area contributed by atoms with Gasteiger partial charge in [0.2, 0.25) is 0 Å². The highest BCUT2D eigenvalue weighted by Gasteiger charge is 2.27. The lowest BCUT2D eigenvalue weighted by Crippen LogP contribution is -2.16. The van der Waals surface area contributed by atoms with E-state index in [0.29, 0.717) is 11.5 Å². The second kappa shape index (κ2) is 9.99. The van der Waals surface area contributed by atoms with Crippen molar-refractivity contribution in [3.63, 3.8) is 0 Å². The summed E-state index contributed by atoms with van der Waals surface area (Å²) in [6.07, 6.45) is 0. The number of hydrogen-bond acceptors (Lipinski definition) is 5. The van der Waals surface area contributed by atoms with E-state index in [1.807, 2.05) is 78.9 Å². The van der Waals surface area contributed by atoms with E-state index in [1.54, 1.807) is 26.4 Å². The van der Waals surface area contributed by atoms with Crippen LogP contribution in [0.25, 0.3) is 33.3 Å². The van der Waals surface area contributed by atoms with Gasteiger partial charge in [-0.15, -0.1) is 0 Å². The van der Waals surface area contributed by atoms with Gasteiger partial charge < -0.3 is 19.1 Å². The van der Waals surface area contributed by atoms with Crippen LogP contribution in [0.4, 0.5) is 21.5 Å². The van der Waals surface area contributed by atoms with Gasteiger partial charge in [0.15, 0.2) is 23.0 Å². The number of para-hydroxylation sites is 5. The van der Waals surface area contributed by atoms with Crippen LogP contribution in [-0.4, -0.2) is 19.2 Å². The maximum atomic E-state index is 13.9. The highest BCUT2D eigenvalue weighted by Crippen LogP contribution is 2.52. The molecule has 0 saturated carbocycles. The minimum Gasteiger partial charge on any atom is -0.493 e. The van der Waals surface area contributed by atoms with Crippen molar-refractivity contribution < 1.29 is 18.6 Å². The highest BCUT2D eigenvalue weighted by molar-refractivity contribution is 6.06. The molecule has 0 amide bonds. The van der Waals surface area contributed by atoms with E-state index in [0.717, 1.165) is 61.8 Å². The molecule has 6 heteroatoms. The first kappa shape index (κ1) is 24.7. The summed E-state index contributed by atoms with van der Waals surface area (Å²) < 4.78 is 31.3. The predicted molar refractivity (Wildman–Crippen MR) is 160 cm³/mol. The van der Waals surface area contributed by atoms with E-state index >= 15 is 0 Å². The second-order valence-electron chi connectivity index (χ2n) is 9.68. The second-order valence-corrected chi connectivity index (χ2v) is 9.68. The Labute approximate surface area is 237 Å². The van der Waals surface area contributed by atoms with E-state index in [4.69, 9.17) is 19.2 Å². The molecule has 200 valence electrons. The molecule has 0 saturated heterocycles. The molecular weight excluding hydrogens is 515 g/mol. The fraction of sp³-hybridized carbons (Fsp3) is 0.0571. The predicted octanol–water partition coefficient (Wildman–Crippen LogP) is 9.30. The van der Waals surface area contributed by atoms with Crippen LogP contribution >= 0.6 is 0 Å². The van der Waals surface area contributed by atoms with E-state index in [1.165, 1.54) is 12.1 Å². The van der Waals surface area contributed by atoms with Gasteiger partial charge in [-0.1, -0.05) is 42.5 Å². The number of halogens is 1. The average Bonchev–Trinajstić information content (AvgIpc) is 3.03. The van der Waals surface area contributed by atoms with Gasteiger partial charge in [0.1, 0.15) is 5.82 Å². The molecule has 1 aromatic heterocycles. The zero-order chi connectivity index (χ0) is 27.9. The van der Waals surface area contributed by atoms with Crippen LogP contribution in [0.2, 0.25) is 0 Å². The first-order valence-corrected chi connectivity index (χ1v) is 13.2. The molecule has 0 bridgehead atoms. The number of rotatable bonds is 5. The van der Waals surface area contributed by atoms with Crippen LogP contribution in [0.5, 0.6) is 23.0 Å². The van der Waals surface area contributed by atoms with Gasteiger partial charge >= 0.3 is 0 Å². The third kappa shape index (κ3) is 4.21. The topological polar surface area (TPSA) is 43.8 Å². The molecule has 0 spiro atoms. The number of methoxy groups -OCH3 is 2. The Morgan fingerprint density at radius 2 is 1.27 bits per heavy atom. The Morgan fingerprint density at radius 3 is 1.95 bits per heavy atom. The number of anilines is 3. The molecule has 5 nitrogen and oxygen atoms in total. The summed E-state index contributed by atoms with van der Waals surface area (Å²) >= 11 is 0. The fourth-order valence-electron chi connectivity index (χ4n) is 5.39. The smallest absolute Gasteiger partial charge is 0.161 e. The van der Waals surface area contributed by atoms with Crippen LogP contribution in [0.3, 0.4) is 0 Å². The number of nitrogens with zero attached hydrogens (tertiary/aromatic N) is 2. The third-order valence-electron chi connectivity index (χ3n) is 7.33. The number of ether oxygens (including phenoxy) is 3. The van der Waals surface area contributed by atoms with Gasteiger partial charge in [0.25, 0.3) is 0 Å². The Hall–Kier alpha value is -5.36. The van der Waals surface area contributed by atoms with Crippen molar-refractivity contribution in [2.75, 3.05) is 19.1 Å². The van der Waals surface area contributed by atoms with Gasteiger partial charge in [0.05, 0.1) is 42.5 Å². The molecule has 0 fully saturated rings. The summed E-state index contributed by atoms with van der Waals surface area (Å²) in [4.78, 5) is 7.39. The van der Waals surface area contributed by atoms with E-state index in [2.05, 4.69) is 17.0 Å². The van der Waals surface area contributed by atoms with Crippen LogP contribution in [0.15, 0.2) is 115 Å². The summed E-state index contributed by atoms with van der Waals surface area (Å²) in [5.41, 5.74) is 6.98. The summed E-state index contributed by atoms with van der Waals surface area (Å²) in [5, 5.41) is 0.960. The van der Waals surface area contributed by atoms with Crippen molar-refractivity contribution >= 4 is 28.0 Å². The standard InChI is InChI=1S/C35H25FN2O3/c1-39-33-19-16-23(20-34(33)40-2)26-21-27(22-14-17-24(36)18-15-22)37-35-25(26)8-7-11-30(35)38-28-9-3-5-12-31(28)41-32-13-6-4-10-29(32)38/h3-21H,1-2H3. The van der Waals surface area contributed by atoms with Gasteiger partial charge in [0, 0.05) is 10.9 Å². The number of aromatic nitrogens is 1. The summed E-state index contributed by atoms with van der Waals surface area (Å²) in [5.74, 6) is 2.51. The Balaban J connectivity index is 1.54. The van der Waals surface area contributed by atoms with Gasteiger partial charge in [-0.25, -0.2) is 9.37 Å². The zero-order valence-corrected chi connectivity index (χ0v) is 22.5. The minimum absolute atomic E-state index is 0.295. The van der Waals surface area contributed by atoms with Crippen LogP contribution in [-0.2, 0) is 0 Å². The molecule has 0 atom stereocenters. The van der Waals surface area contributed by atoms with Gasteiger partial charge in [-0.3, -0.25) is 0 Å². The number of hydrogen-bond donors (Lipinski definition) is 0. The van der Waals surface area contributed by atoms with E-state index in [-0.39, 0.29) is 5.82 Å². The summed E-state index contributed by atoms with van der Waals surface area (Å²) in [7, 11) is 3.25. The minimum atomic E-state index is -0.295. The molecule has 1 aliphatic heterocycles. The SMILES string of the molecule is COc1ccc(-c2cc(-c3ccc(F)cc3)nc3c(N4c5ccccc5Oc5ccccc54)cccc23)cc1OC. The Morgan fingerprint density at radius 1 is 0.634 bits per heavy atom. The fourth-order valence-corrected chi connectivity index (χ4v) is 5.39. The van der Waals surface area contributed by atoms with Crippen LogP contribution < -0.4 is 19.1 Å². The van der Waals surface area contributed by atoms with Crippen molar-refractivity contribution in [1.82, 2.24) is 4.98 Å². The van der Waals surface area contributed by atoms with Gasteiger partial charge in [-0.2, -0.15) is 0 Å². The molecule has 0 radical (unpaired) electrons. The molecule has 0 unspecified atom stereocenters. The van der Waals surface area contributed by atoms with Crippen molar-refractivity contribution in [3.05, 3.63) is 121 Å². The Kier molecular flexibility index (Phi) is 6.01. The Bertz CT molecular complexity index is 1880. The van der Waals surface area contributed by atoms with Crippen molar-refractivity contribution in [2.24, 2.45) is 0 Å². The molecule has 0 N–H and O–H groups in total. The maximum absolute atomic E-state index is 13.9. The highest BCUT2D eigenvalue weighted by atomic mass is 19.1. The molecule has 6 aromatic rings. The van der Waals surface area contributed by atoms with E-state index in [9.17, 15) is 4.39 Å². The monoisotopic (exact) mass is 540 g/mol. The maximum Gasteiger partial charge on any atom is 0.161 e. The van der Waals surface area contributed by atoms with Crippen molar-refractivity contribution in [1.29, 1.82) is 0 Å². The quantitative estimate of drug-likeness (QED) is 0.218. The third-order valence-corrected chi connectivity index (χ3v) is 7.33. The zero-order valence-electron chi connectivity index (χ0n) is 22.5. The lowest BCUT2D eigenvalue weighted by atomic mass is 9.96. The number of pyridine rings is 1. The average molecular weight is 541 g/mol. The van der Waals surface area contributed by atoms with Crippen LogP contribution in [0.1, 0.15) is 0 Å². The molecule has 1 aliphatic rings. The van der Waals surface area contributed by atoms with Gasteiger partial charge in [-0.05, 0) is 83.9 Å². The van der Waals surface area contributed by atoms with Crippen molar-refractivity contribution in [2.45, 2.75) is 0 Å². The van der Waals surface area contributed by atoms with Crippen molar-refractivity contribution in [3.8, 4) is 45.4 Å². The first-order chi connectivity index (χ1) is 20.1. The first-order valence-electron chi connectivity index (χ1n) is 13.2. The van der Waals surface area contributed by atoms with Crippen LogP contribution in [0, 0.1) is 5.82 Å². The lowest BCUT2D eigenvalue weighted by Gasteiger charge is -2.33. The molecule has 5 aromatic carbocycles. The summed E-state index contributed by atoms with van der Waals surface area (Å²) in [6, 6.07) is 36.5. The largest absolute Gasteiger partial charge is 0.493 e. The number of benzene rings is 5. The molecule has 41 heavy (non-hydrogen) atoms. The lowest BCUT2D eigenvalue weighted by molar-refractivity contribution is 0.355. The van der Waals surface area contributed by atoms with E-state index < -0.39 is 0 Å². The number of fused-ring (bicyclic) bond motifs is 3.